The van der Waals surface area contributed by atoms with Crippen LogP contribution in [0.25, 0.3) is 0 Å². The molecule has 2 aromatic rings. The Hall–Kier alpha value is -1.43. The zero-order valence-corrected chi connectivity index (χ0v) is 20.6. The predicted molar refractivity (Wildman–Crippen MR) is 128 cm³/mol. The van der Waals surface area contributed by atoms with Crippen molar-refractivity contribution in [1.82, 2.24) is 19.9 Å². The lowest BCUT2D eigenvalue weighted by Crippen LogP contribution is -2.38. The van der Waals surface area contributed by atoms with Crippen molar-refractivity contribution in [2.24, 2.45) is 4.99 Å². The number of rotatable bonds is 8. The van der Waals surface area contributed by atoms with Crippen LogP contribution in [0.1, 0.15) is 18.1 Å². The van der Waals surface area contributed by atoms with Crippen molar-refractivity contribution in [3.63, 3.8) is 0 Å². The lowest BCUT2D eigenvalue weighted by Gasteiger charge is -2.12. The molecular formula is C19H27ClIN5O2S. The molecule has 2 rings (SSSR count). The van der Waals surface area contributed by atoms with Gasteiger partial charge < -0.3 is 10.6 Å². The standard InChI is InChI=1S/C19H26ClN5O2S.HI/c1-4-21-19(22-12-11-16-7-10-18(20)23-13-16)24-14-15-5-8-17(9-6-15)28(26,27)25(2)3;/h5-10,13H,4,11-12,14H2,1-3H3,(H2,21,22,24);1H. The molecule has 160 valence electrons. The molecule has 0 aliphatic heterocycles. The molecule has 10 heteroatoms. The first-order chi connectivity index (χ1) is 13.3. The predicted octanol–water partition coefficient (Wildman–Crippen LogP) is 2.90. The van der Waals surface area contributed by atoms with Gasteiger partial charge in [0, 0.05) is 33.4 Å². The third-order valence-corrected chi connectivity index (χ3v) is 6.01. The highest BCUT2D eigenvalue weighted by Crippen LogP contribution is 2.14. The van der Waals surface area contributed by atoms with Crippen LogP contribution >= 0.6 is 35.6 Å². The van der Waals surface area contributed by atoms with Gasteiger partial charge in [0.25, 0.3) is 0 Å². The van der Waals surface area contributed by atoms with Crippen molar-refractivity contribution in [3.05, 3.63) is 58.9 Å². The number of nitrogens with one attached hydrogen (secondary N) is 2. The third kappa shape index (κ3) is 8.07. The van der Waals surface area contributed by atoms with Gasteiger partial charge in [-0.15, -0.1) is 24.0 Å². The van der Waals surface area contributed by atoms with Crippen molar-refractivity contribution in [1.29, 1.82) is 0 Å². The molecule has 0 unspecified atom stereocenters. The molecule has 0 aliphatic carbocycles. The van der Waals surface area contributed by atoms with Crippen LogP contribution in [0, 0.1) is 0 Å². The number of benzene rings is 1. The Labute approximate surface area is 195 Å². The molecule has 1 heterocycles. The summed E-state index contributed by atoms with van der Waals surface area (Å²) in [6.45, 7) is 3.89. The van der Waals surface area contributed by atoms with Crippen molar-refractivity contribution >= 4 is 51.6 Å². The second-order valence-corrected chi connectivity index (χ2v) is 8.83. The lowest BCUT2D eigenvalue weighted by molar-refractivity contribution is 0.520. The Morgan fingerprint density at radius 1 is 1.10 bits per heavy atom. The molecule has 0 saturated heterocycles. The monoisotopic (exact) mass is 551 g/mol. The summed E-state index contributed by atoms with van der Waals surface area (Å²) >= 11 is 5.80. The lowest BCUT2D eigenvalue weighted by atomic mass is 10.2. The third-order valence-electron chi connectivity index (χ3n) is 3.96. The molecule has 2 N–H and O–H groups in total. The van der Waals surface area contributed by atoms with Gasteiger partial charge in [-0.2, -0.15) is 0 Å². The fourth-order valence-corrected chi connectivity index (χ4v) is 3.38. The largest absolute Gasteiger partial charge is 0.357 e. The van der Waals surface area contributed by atoms with Gasteiger partial charge in [-0.05, 0) is 42.7 Å². The highest BCUT2D eigenvalue weighted by Gasteiger charge is 2.16. The number of halogens is 2. The van der Waals surface area contributed by atoms with Crippen molar-refractivity contribution in [2.75, 3.05) is 27.2 Å². The van der Waals surface area contributed by atoms with E-state index in [1.54, 1.807) is 36.5 Å². The molecule has 1 aromatic carbocycles. The number of aromatic nitrogens is 1. The summed E-state index contributed by atoms with van der Waals surface area (Å²) in [6, 6.07) is 10.5. The molecule has 29 heavy (non-hydrogen) atoms. The van der Waals surface area contributed by atoms with Crippen LogP contribution in [0.5, 0.6) is 0 Å². The van der Waals surface area contributed by atoms with Crippen molar-refractivity contribution in [3.8, 4) is 0 Å². The Bertz CT molecular complexity index is 888. The van der Waals surface area contributed by atoms with Crippen LogP contribution in [0.3, 0.4) is 0 Å². The van der Waals surface area contributed by atoms with Gasteiger partial charge in [0.15, 0.2) is 5.96 Å². The fourth-order valence-electron chi connectivity index (χ4n) is 2.37. The van der Waals surface area contributed by atoms with Crippen LogP contribution in [0.2, 0.25) is 5.15 Å². The molecule has 0 spiro atoms. The summed E-state index contributed by atoms with van der Waals surface area (Å²) in [6.07, 6.45) is 2.56. The van der Waals surface area contributed by atoms with E-state index in [4.69, 9.17) is 11.6 Å². The average Bonchev–Trinajstić information content (AvgIpc) is 2.68. The zero-order chi connectivity index (χ0) is 20.6. The maximum atomic E-state index is 12.1. The van der Waals surface area contributed by atoms with E-state index in [-0.39, 0.29) is 28.9 Å². The molecule has 7 nitrogen and oxygen atoms in total. The van der Waals surface area contributed by atoms with E-state index in [1.807, 2.05) is 13.0 Å². The molecular weight excluding hydrogens is 525 g/mol. The topological polar surface area (TPSA) is 86.7 Å². The van der Waals surface area contributed by atoms with E-state index >= 15 is 0 Å². The number of nitrogens with zero attached hydrogens (tertiary/aromatic N) is 3. The Kier molecular flexibility index (Phi) is 10.9. The van der Waals surface area contributed by atoms with E-state index in [0.29, 0.717) is 24.2 Å². The quantitative estimate of drug-likeness (QED) is 0.228. The van der Waals surface area contributed by atoms with Crippen LogP contribution in [0.4, 0.5) is 0 Å². The highest BCUT2D eigenvalue weighted by atomic mass is 127. The molecule has 0 fully saturated rings. The molecule has 0 amide bonds. The van der Waals surface area contributed by atoms with Gasteiger partial charge in [-0.3, -0.25) is 0 Å². The molecule has 0 radical (unpaired) electrons. The summed E-state index contributed by atoms with van der Waals surface area (Å²) in [4.78, 5) is 8.89. The minimum atomic E-state index is -3.42. The summed E-state index contributed by atoms with van der Waals surface area (Å²) in [5.74, 6) is 0.703. The van der Waals surface area contributed by atoms with Crippen LogP contribution < -0.4 is 10.6 Å². The number of hydrogen-bond acceptors (Lipinski definition) is 4. The van der Waals surface area contributed by atoms with E-state index in [9.17, 15) is 8.42 Å². The van der Waals surface area contributed by atoms with Gasteiger partial charge in [0.1, 0.15) is 5.15 Å². The first-order valence-electron chi connectivity index (χ1n) is 8.97. The summed E-state index contributed by atoms with van der Waals surface area (Å²) in [5.41, 5.74) is 2.02. The van der Waals surface area contributed by atoms with Gasteiger partial charge >= 0.3 is 0 Å². The van der Waals surface area contributed by atoms with E-state index in [1.165, 1.54) is 18.4 Å². The SMILES string of the molecule is CCNC(=NCc1ccc(S(=O)(=O)N(C)C)cc1)NCCc1ccc(Cl)nc1.I. The molecule has 0 atom stereocenters. The minimum absolute atomic E-state index is 0. The minimum Gasteiger partial charge on any atom is -0.357 e. The Balaban J connectivity index is 0.00000420. The highest BCUT2D eigenvalue weighted by molar-refractivity contribution is 14.0. The maximum Gasteiger partial charge on any atom is 0.242 e. The zero-order valence-electron chi connectivity index (χ0n) is 16.7. The molecule has 0 aliphatic rings. The summed E-state index contributed by atoms with van der Waals surface area (Å²) in [5, 5.41) is 6.96. The van der Waals surface area contributed by atoms with Gasteiger partial charge in [0.2, 0.25) is 10.0 Å². The number of guanidine groups is 1. The number of aliphatic imine (C=N–C) groups is 1. The van der Waals surface area contributed by atoms with Crippen LogP contribution in [-0.4, -0.2) is 50.9 Å². The van der Waals surface area contributed by atoms with E-state index in [0.717, 1.165) is 24.1 Å². The maximum absolute atomic E-state index is 12.1. The van der Waals surface area contributed by atoms with Crippen molar-refractivity contribution in [2.45, 2.75) is 24.8 Å². The van der Waals surface area contributed by atoms with Gasteiger partial charge in [0.05, 0.1) is 11.4 Å². The van der Waals surface area contributed by atoms with Gasteiger partial charge in [-0.25, -0.2) is 22.7 Å². The fraction of sp³-hybridized carbons (Fsp3) is 0.368. The van der Waals surface area contributed by atoms with Crippen LogP contribution in [0.15, 0.2) is 52.5 Å². The molecule has 1 aromatic heterocycles. The normalized spacial score (nSPS) is 11.8. The molecule has 0 saturated carbocycles. The summed E-state index contributed by atoms with van der Waals surface area (Å²) < 4.78 is 25.4. The van der Waals surface area contributed by atoms with Gasteiger partial charge in [-0.1, -0.05) is 29.8 Å². The Morgan fingerprint density at radius 3 is 2.31 bits per heavy atom. The number of pyridine rings is 1. The van der Waals surface area contributed by atoms with E-state index in [2.05, 4.69) is 20.6 Å². The summed E-state index contributed by atoms with van der Waals surface area (Å²) in [7, 11) is -0.383. The Morgan fingerprint density at radius 2 is 1.76 bits per heavy atom. The molecule has 0 bridgehead atoms. The number of sulfonamides is 1. The first kappa shape index (κ1) is 25.6. The van der Waals surface area contributed by atoms with Crippen LogP contribution in [-0.2, 0) is 23.0 Å². The number of hydrogen-bond donors (Lipinski definition) is 2. The first-order valence-corrected chi connectivity index (χ1v) is 10.8. The average molecular weight is 552 g/mol. The second kappa shape index (κ2) is 12.3. The van der Waals surface area contributed by atoms with Crippen molar-refractivity contribution < 1.29 is 8.42 Å². The van der Waals surface area contributed by atoms with E-state index < -0.39 is 10.0 Å². The second-order valence-electron chi connectivity index (χ2n) is 6.29. The smallest absolute Gasteiger partial charge is 0.242 e.